The SMILES string of the molecule is C=CCCOCCCCC(C)(C)C#N. The Hall–Kier alpha value is -0.810. The summed E-state index contributed by atoms with van der Waals surface area (Å²) in [6.45, 7) is 9.15. The molecule has 0 saturated heterocycles. The minimum Gasteiger partial charge on any atom is -0.381 e. The number of nitrogens with zero attached hydrogens (tertiary/aromatic N) is 1. The topological polar surface area (TPSA) is 33.0 Å². The second-order valence-corrected chi connectivity index (χ2v) is 4.14. The summed E-state index contributed by atoms with van der Waals surface area (Å²) in [5.41, 5.74) is -0.179. The van der Waals surface area contributed by atoms with Crippen molar-refractivity contribution in [3.8, 4) is 6.07 Å². The van der Waals surface area contributed by atoms with E-state index in [-0.39, 0.29) is 5.41 Å². The highest BCUT2D eigenvalue weighted by Gasteiger charge is 2.15. The fraction of sp³-hybridized carbons (Fsp3) is 0.750. The zero-order valence-corrected chi connectivity index (χ0v) is 9.38. The minimum atomic E-state index is -0.179. The monoisotopic (exact) mass is 195 g/mol. The lowest BCUT2D eigenvalue weighted by Crippen LogP contribution is -2.08. The second-order valence-electron chi connectivity index (χ2n) is 4.14. The molecule has 2 heteroatoms. The van der Waals surface area contributed by atoms with Gasteiger partial charge in [0.2, 0.25) is 0 Å². The van der Waals surface area contributed by atoms with Crippen molar-refractivity contribution < 1.29 is 4.74 Å². The lowest BCUT2D eigenvalue weighted by Gasteiger charge is -2.14. The van der Waals surface area contributed by atoms with Crippen molar-refractivity contribution in [1.82, 2.24) is 0 Å². The molecule has 0 aliphatic rings. The van der Waals surface area contributed by atoms with Crippen molar-refractivity contribution in [2.75, 3.05) is 13.2 Å². The molecule has 0 heterocycles. The summed E-state index contributed by atoms with van der Waals surface area (Å²) in [5.74, 6) is 0. The van der Waals surface area contributed by atoms with Crippen LogP contribution in [0.1, 0.15) is 39.5 Å². The van der Waals surface area contributed by atoms with Gasteiger partial charge in [0, 0.05) is 13.2 Å². The lowest BCUT2D eigenvalue weighted by molar-refractivity contribution is 0.133. The molecule has 0 aliphatic heterocycles. The van der Waals surface area contributed by atoms with Crippen molar-refractivity contribution in [2.24, 2.45) is 5.41 Å². The third kappa shape index (κ3) is 7.82. The highest BCUT2D eigenvalue weighted by atomic mass is 16.5. The first-order chi connectivity index (χ1) is 6.62. The van der Waals surface area contributed by atoms with Gasteiger partial charge in [-0.3, -0.25) is 0 Å². The maximum Gasteiger partial charge on any atom is 0.0683 e. The van der Waals surface area contributed by atoms with Crippen LogP contribution in [0.15, 0.2) is 12.7 Å². The van der Waals surface area contributed by atoms with Gasteiger partial charge in [-0.2, -0.15) is 5.26 Å². The number of hydrogen-bond acceptors (Lipinski definition) is 2. The van der Waals surface area contributed by atoms with Gasteiger partial charge in [0.1, 0.15) is 0 Å². The summed E-state index contributed by atoms with van der Waals surface area (Å²) in [7, 11) is 0. The van der Waals surface area contributed by atoms with Crippen LogP contribution in [0.2, 0.25) is 0 Å². The van der Waals surface area contributed by atoms with Crippen LogP contribution in [0, 0.1) is 16.7 Å². The Morgan fingerprint density at radius 2 is 2.07 bits per heavy atom. The Morgan fingerprint density at radius 3 is 2.64 bits per heavy atom. The van der Waals surface area contributed by atoms with Crippen molar-refractivity contribution in [3.63, 3.8) is 0 Å². The molecule has 0 aliphatic carbocycles. The minimum absolute atomic E-state index is 0.179. The highest BCUT2D eigenvalue weighted by molar-refractivity contribution is 4.91. The third-order valence-corrected chi connectivity index (χ3v) is 2.11. The normalized spacial score (nSPS) is 10.9. The molecule has 0 atom stereocenters. The third-order valence-electron chi connectivity index (χ3n) is 2.11. The number of rotatable bonds is 8. The predicted molar refractivity (Wildman–Crippen MR) is 58.9 cm³/mol. The van der Waals surface area contributed by atoms with Crippen LogP contribution in [0.4, 0.5) is 0 Å². The van der Waals surface area contributed by atoms with Crippen LogP contribution in [-0.2, 0) is 4.74 Å². The zero-order valence-electron chi connectivity index (χ0n) is 9.38. The number of hydrogen-bond donors (Lipinski definition) is 0. The van der Waals surface area contributed by atoms with Crippen molar-refractivity contribution in [1.29, 1.82) is 5.26 Å². The van der Waals surface area contributed by atoms with Gasteiger partial charge in [0.25, 0.3) is 0 Å². The quantitative estimate of drug-likeness (QED) is 0.440. The van der Waals surface area contributed by atoms with Gasteiger partial charge in [0.15, 0.2) is 0 Å². The number of unbranched alkanes of at least 4 members (excludes halogenated alkanes) is 1. The van der Waals surface area contributed by atoms with E-state index in [2.05, 4.69) is 12.6 Å². The molecular weight excluding hydrogens is 174 g/mol. The first-order valence-corrected chi connectivity index (χ1v) is 5.22. The fourth-order valence-corrected chi connectivity index (χ4v) is 1.10. The van der Waals surface area contributed by atoms with Gasteiger partial charge in [-0.25, -0.2) is 0 Å². The molecule has 0 aromatic rings. The number of nitriles is 1. The Kier molecular flexibility index (Phi) is 7.14. The van der Waals surface area contributed by atoms with Crippen LogP contribution < -0.4 is 0 Å². The smallest absolute Gasteiger partial charge is 0.0683 e. The Morgan fingerprint density at radius 1 is 1.36 bits per heavy atom. The Labute approximate surface area is 87.6 Å². The summed E-state index contributed by atoms with van der Waals surface area (Å²) in [4.78, 5) is 0. The van der Waals surface area contributed by atoms with Crippen molar-refractivity contribution in [2.45, 2.75) is 39.5 Å². The molecule has 0 amide bonds. The van der Waals surface area contributed by atoms with Crippen molar-refractivity contribution in [3.05, 3.63) is 12.7 Å². The average Bonchev–Trinajstić information content (AvgIpc) is 2.16. The van der Waals surface area contributed by atoms with E-state index in [1.54, 1.807) is 0 Å². The van der Waals surface area contributed by atoms with E-state index in [1.165, 1.54) is 0 Å². The summed E-state index contributed by atoms with van der Waals surface area (Å²) in [5, 5.41) is 8.77. The molecule has 0 spiro atoms. The van der Waals surface area contributed by atoms with Crippen LogP contribution in [-0.4, -0.2) is 13.2 Å². The first-order valence-electron chi connectivity index (χ1n) is 5.22. The van der Waals surface area contributed by atoms with E-state index in [0.717, 1.165) is 38.9 Å². The van der Waals surface area contributed by atoms with Crippen molar-refractivity contribution >= 4 is 0 Å². The van der Waals surface area contributed by atoms with E-state index in [9.17, 15) is 0 Å². The van der Waals surface area contributed by atoms with Crippen LogP contribution >= 0.6 is 0 Å². The average molecular weight is 195 g/mol. The standard InChI is InChI=1S/C12H21NO/c1-4-5-9-14-10-7-6-8-12(2,3)11-13/h4H,1,5-10H2,2-3H3. The molecule has 0 fully saturated rings. The molecule has 0 rings (SSSR count). The molecule has 0 radical (unpaired) electrons. The molecular formula is C12H21NO. The highest BCUT2D eigenvalue weighted by Crippen LogP contribution is 2.21. The van der Waals surface area contributed by atoms with E-state index in [1.807, 2.05) is 19.9 Å². The van der Waals surface area contributed by atoms with E-state index in [4.69, 9.17) is 10.00 Å². The Bertz CT molecular complexity index is 191. The van der Waals surface area contributed by atoms with Gasteiger partial charge < -0.3 is 4.74 Å². The molecule has 14 heavy (non-hydrogen) atoms. The number of ether oxygens (including phenoxy) is 1. The van der Waals surface area contributed by atoms with E-state index >= 15 is 0 Å². The molecule has 0 N–H and O–H groups in total. The van der Waals surface area contributed by atoms with Gasteiger partial charge in [-0.15, -0.1) is 6.58 Å². The van der Waals surface area contributed by atoms with Crippen LogP contribution in [0.3, 0.4) is 0 Å². The summed E-state index contributed by atoms with van der Waals surface area (Å²) in [6.07, 6.45) is 5.84. The summed E-state index contributed by atoms with van der Waals surface area (Å²) in [6, 6.07) is 2.30. The van der Waals surface area contributed by atoms with Gasteiger partial charge in [-0.05, 0) is 39.5 Å². The van der Waals surface area contributed by atoms with E-state index in [0.29, 0.717) is 0 Å². The maximum absolute atomic E-state index is 8.77. The van der Waals surface area contributed by atoms with Gasteiger partial charge >= 0.3 is 0 Å². The summed E-state index contributed by atoms with van der Waals surface area (Å²) < 4.78 is 5.37. The molecule has 0 aromatic heterocycles. The molecule has 80 valence electrons. The zero-order chi connectivity index (χ0) is 10.9. The first kappa shape index (κ1) is 13.2. The predicted octanol–water partition coefficient (Wildman–Crippen LogP) is 3.30. The molecule has 2 nitrogen and oxygen atoms in total. The van der Waals surface area contributed by atoms with Crippen LogP contribution in [0.5, 0.6) is 0 Å². The molecule has 0 unspecified atom stereocenters. The molecule has 0 bridgehead atoms. The van der Waals surface area contributed by atoms with E-state index < -0.39 is 0 Å². The second kappa shape index (κ2) is 7.58. The lowest BCUT2D eigenvalue weighted by atomic mass is 9.89. The fourth-order valence-electron chi connectivity index (χ4n) is 1.10. The van der Waals surface area contributed by atoms with Crippen LogP contribution in [0.25, 0.3) is 0 Å². The Balaban J connectivity index is 3.22. The van der Waals surface area contributed by atoms with Gasteiger partial charge in [0.05, 0.1) is 11.5 Å². The maximum atomic E-state index is 8.77. The van der Waals surface area contributed by atoms with Gasteiger partial charge in [-0.1, -0.05) is 6.08 Å². The largest absolute Gasteiger partial charge is 0.381 e. The summed E-state index contributed by atoms with van der Waals surface area (Å²) >= 11 is 0. The molecule has 0 aromatic carbocycles. The molecule has 0 saturated carbocycles.